The summed E-state index contributed by atoms with van der Waals surface area (Å²) in [4.78, 5) is 19.0. The van der Waals surface area contributed by atoms with Crippen molar-refractivity contribution >= 4 is 15.7 Å². The van der Waals surface area contributed by atoms with Gasteiger partial charge in [0.05, 0.1) is 24.2 Å². The number of ether oxygens (including phenoxy) is 1. The summed E-state index contributed by atoms with van der Waals surface area (Å²) in [5.41, 5.74) is 0.0602. The van der Waals surface area contributed by atoms with E-state index >= 15 is 0 Å². The summed E-state index contributed by atoms with van der Waals surface area (Å²) in [6.07, 6.45) is 1.75. The van der Waals surface area contributed by atoms with Crippen LogP contribution in [0.1, 0.15) is 37.1 Å². The van der Waals surface area contributed by atoms with Crippen LogP contribution in [0.2, 0.25) is 0 Å². The van der Waals surface area contributed by atoms with Crippen LogP contribution in [0.4, 0.5) is 0 Å². The minimum atomic E-state index is -3.11. The Bertz CT molecular complexity index is 694. The van der Waals surface area contributed by atoms with Crippen LogP contribution in [0.5, 0.6) is 0 Å². The maximum Gasteiger partial charge on any atom is 0.274 e. The van der Waals surface area contributed by atoms with Crippen molar-refractivity contribution in [2.24, 2.45) is 5.41 Å². The Balaban J connectivity index is 1.89. The van der Waals surface area contributed by atoms with Gasteiger partial charge in [0, 0.05) is 19.3 Å². The number of hydrogen-bond acceptors (Lipinski definition) is 5. The van der Waals surface area contributed by atoms with Crippen LogP contribution in [-0.4, -0.2) is 59.5 Å². The molecule has 3 heterocycles. The Labute approximate surface area is 136 Å². The normalized spacial score (nSPS) is 24.3. The number of fused-ring (bicyclic) bond motifs is 1. The predicted octanol–water partition coefficient (Wildman–Crippen LogP) is 0.699. The topological polar surface area (TPSA) is 81.5 Å². The van der Waals surface area contributed by atoms with Crippen LogP contribution in [0.25, 0.3) is 0 Å². The first-order valence-electron chi connectivity index (χ1n) is 7.82. The van der Waals surface area contributed by atoms with E-state index in [1.807, 2.05) is 25.3 Å². The molecule has 0 N–H and O–H groups in total. The lowest BCUT2D eigenvalue weighted by molar-refractivity contribution is 0.0556. The number of aromatic nitrogens is 2. The molecule has 0 saturated carbocycles. The molecule has 7 nitrogen and oxygen atoms in total. The molecule has 0 radical (unpaired) electrons. The van der Waals surface area contributed by atoms with E-state index in [0.717, 1.165) is 5.82 Å². The highest BCUT2D eigenvalue weighted by Gasteiger charge is 2.41. The van der Waals surface area contributed by atoms with Gasteiger partial charge in [-0.25, -0.2) is 13.4 Å². The molecular formula is C15H23N3O4S. The molecule has 1 unspecified atom stereocenters. The molecule has 0 aliphatic carbocycles. The zero-order chi connectivity index (χ0) is 16.8. The number of carbonyl (C=O) groups is 1. The van der Waals surface area contributed by atoms with E-state index in [-0.39, 0.29) is 35.4 Å². The molecule has 8 heteroatoms. The zero-order valence-corrected chi connectivity index (χ0v) is 14.6. The summed E-state index contributed by atoms with van der Waals surface area (Å²) >= 11 is 0. The lowest BCUT2D eigenvalue weighted by Gasteiger charge is -2.42. The van der Waals surface area contributed by atoms with E-state index in [2.05, 4.69) is 4.98 Å². The highest BCUT2D eigenvalue weighted by atomic mass is 32.2. The Hall–Kier alpha value is -1.41. The molecule has 0 bridgehead atoms. The molecule has 3 rings (SSSR count). The third-order valence-corrected chi connectivity index (χ3v) is 6.11. The van der Waals surface area contributed by atoms with Crippen molar-refractivity contribution in [2.75, 3.05) is 24.7 Å². The highest BCUT2D eigenvalue weighted by Crippen LogP contribution is 2.30. The van der Waals surface area contributed by atoms with Gasteiger partial charge in [-0.15, -0.1) is 0 Å². The number of carbonyl (C=O) groups excluding carboxylic acids is 1. The van der Waals surface area contributed by atoms with Crippen LogP contribution in [0.15, 0.2) is 6.20 Å². The zero-order valence-electron chi connectivity index (χ0n) is 13.8. The van der Waals surface area contributed by atoms with E-state index in [4.69, 9.17) is 4.74 Å². The second kappa shape index (κ2) is 5.59. The molecule has 1 aromatic rings. The lowest BCUT2D eigenvalue weighted by Crippen LogP contribution is -2.56. The fourth-order valence-electron chi connectivity index (χ4n) is 3.11. The van der Waals surface area contributed by atoms with Crippen molar-refractivity contribution in [1.82, 2.24) is 14.5 Å². The minimum absolute atomic E-state index is 0.0128. The van der Waals surface area contributed by atoms with Gasteiger partial charge in [-0.1, -0.05) is 20.8 Å². The Morgan fingerprint density at radius 2 is 2.09 bits per heavy atom. The Kier molecular flexibility index (Phi) is 4.00. The van der Waals surface area contributed by atoms with Gasteiger partial charge in [0.25, 0.3) is 5.91 Å². The molecule has 1 atom stereocenters. The Morgan fingerprint density at radius 1 is 1.35 bits per heavy atom. The van der Waals surface area contributed by atoms with Crippen molar-refractivity contribution in [3.8, 4) is 0 Å². The first-order valence-corrected chi connectivity index (χ1v) is 9.65. The first kappa shape index (κ1) is 16.4. The van der Waals surface area contributed by atoms with Crippen LogP contribution in [0, 0.1) is 5.41 Å². The second-order valence-electron chi connectivity index (χ2n) is 7.28. The van der Waals surface area contributed by atoms with E-state index in [1.165, 1.54) is 0 Å². The molecule has 2 aliphatic heterocycles. The molecule has 1 amide bonds. The number of hydrogen-bond donors (Lipinski definition) is 0. The molecule has 23 heavy (non-hydrogen) atoms. The van der Waals surface area contributed by atoms with Crippen molar-refractivity contribution in [3.05, 3.63) is 17.7 Å². The predicted molar refractivity (Wildman–Crippen MR) is 84.8 cm³/mol. The number of imidazole rings is 1. The molecule has 2 aliphatic rings. The van der Waals surface area contributed by atoms with Gasteiger partial charge in [-0.2, -0.15) is 0 Å². The van der Waals surface area contributed by atoms with Gasteiger partial charge >= 0.3 is 0 Å². The molecule has 0 spiro atoms. The first-order chi connectivity index (χ1) is 10.7. The van der Waals surface area contributed by atoms with Crippen LogP contribution in [0.3, 0.4) is 0 Å². The quantitative estimate of drug-likeness (QED) is 0.751. The van der Waals surface area contributed by atoms with E-state index < -0.39 is 9.84 Å². The van der Waals surface area contributed by atoms with Crippen molar-refractivity contribution in [2.45, 2.75) is 40.0 Å². The molecule has 0 aromatic carbocycles. The fraction of sp³-hybridized carbons (Fsp3) is 0.733. The van der Waals surface area contributed by atoms with Crippen LogP contribution in [-0.2, 0) is 27.7 Å². The third kappa shape index (κ3) is 3.28. The molecular weight excluding hydrogens is 318 g/mol. The summed E-state index contributed by atoms with van der Waals surface area (Å²) in [6.45, 7) is 7.82. The van der Waals surface area contributed by atoms with Gasteiger partial charge < -0.3 is 14.2 Å². The molecule has 1 aromatic heterocycles. The maximum absolute atomic E-state index is 12.9. The Morgan fingerprint density at radius 3 is 2.74 bits per heavy atom. The van der Waals surface area contributed by atoms with Gasteiger partial charge in [0.1, 0.15) is 18.1 Å². The highest BCUT2D eigenvalue weighted by molar-refractivity contribution is 7.91. The van der Waals surface area contributed by atoms with Crippen molar-refractivity contribution in [3.63, 3.8) is 0 Å². The molecule has 128 valence electrons. The van der Waals surface area contributed by atoms with Gasteiger partial charge in [0.15, 0.2) is 9.84 Å². The van der Waals surface area contributed by atoms with Gasteiger partial charge in [0.2, 0.25) is 0 Å². The van der Waals surface area contributed by atoms with Crippen molar-refractivity contribution in [1.29, 1.82) is 0 Å². The van der Waals surface area contributed by atoms with E-state index in [9.17, 15) is 13.2 Å². The average Bonchev–Trinajstić information content (AvgIpc) is 2.88. The minimum Gasteiger partial charge on any atom is -0.372 e. The summed E-state index contributed by atoms with van der Waals surface area (Å²) < 4.78 is 31.3. The fourth-order valence-corrected chi connectivity index (χ4v) is 4.91. The van der Waals surface area contributed by atoms with Crippen molar-refractivity contribution < 1.29 is 17.9 Å². The SMILES string of the molecule is CC(C)(C)C1CS(=O)(=O)CCN1C(=O)c1cn2c(n1)COCC2. The maximum atomic E-state index is 12.9. The second-order valence-corrected chi connectivity index (χ2v) is 9.51. The number of amides is 1. The summed E-state index contributed by atoms with van der Waals surface area (Å²) in [5, 5.41) is 0. The standard InChI is InChI=1S/C15H23N3O4S/c1-15(2,3)12-10-23(20,21)7-5-18(12)14(19)11-8-17-4-6-22-9-13(17)16-11/h8,12H,4-7,9-10H2,1-3H3. The van der Waals surface area contributed by atoms with E-state index in [0.29, 0.717) is 25.5 Å². The lowest BCUT2D eigenvalue weighted by atomic mass is 9.86. The number of nitrogens with zero attached hydrogens (tertiary/aromatic N) is 3. The summed E-state index contributed by atoms with van der Waals surface area (Å²) in [7, 11) is -3.11. The monoisotopic (exact) mass is 341 g/mol. The van der Waals surface area contributed by atoms with Crippen LogP contribution < -0.4 is 0 Å². The molecule has 1 saturated heterocycles. The summed E-state index contributed by atoms with van der Waals surface area (Å²) in [6, 6.07) is -0.344. The largest absolute Gasteiger partial charge is 0.372 e. The van der Waals surface area contributed by atoms with E-state index in [1.54, 1.807) is 11.1 Å². The number of sulfone groups is 1. The third-order valence-electron chi connectivity index (χ3n) is 4.48. The average molecular weight is 341 g/mol. The smallest absolute Gasteiger partial charge is 0.274 e. The molecule has 1 fully saturated rings. The van der Waals surface area contributed by atoms with Gasteiger partial charge in [-0.05, 0) is 5.41 Å². The summed E-state index contributed by atoms with van der Waals surface area (Å²) in [5.74, 6) is 0.583. The van der Waals surface area contributed by atoms with Crippen LogP contribution >= 0.6 is 0 Å². The van der Waals surface area contributed by atoms with Gasteiger partial charge in [-0.3, -0.25) is 4.79 Å². The number of rotatable bonds is 1.